The highest BCUT2D eigenvalue weighted by Gasteiger charge is 2.36. The normalized spacial score (nSPS) is 16.1. The predicted molar refractivity (Wildman–Crippen MR) is 76.9 cm³/mol. The van der Waals surface area contributed by atoms with Gasteiger partial charge in [-0.3, -0.25) is 14.5 Å². The van der Waals surface area contributed by atoms with Gasteiger partial charge in [0.15, 0.2) is 0 Å². The molecule has 1 aliphatic rings. The number of carbonyl (C=O) groups excluding carboxylic acids is 2. The average molecular weight is 340 g/mol. The summed E-state index contributed by atoms with van der Waals surface area (Å²) in [6, 6.07) is 5.43. The van der Waals surface area contributed by atoms with Crippen molar-refractivity contribution in [3.05, 3.63) is 39.5 Å². The summed E-state index contributed by atoms with van der Waals surface area (Å²) in [4.78, 5) is 28.0. The van der Waals surface area contributed by atoms with E-state index < -0.39 is 0 Å². The summed E-state index contributed by atoms with van der Waals surface area (Å²) >= 11 is 9.28. The molecule has 0 spiro atoms. The van der Waals surface area contributed by atoms with Crippen LogP contribution in [-0.2, 0) is 9.59 Å². The number of imide groups is 1. The van der Waals surface area contributed by atoms with E-state index in [1.807, 2.05) is 6.07 Å². The number of hydrogen-bond acceptors (Lipinski definition) is 2. The Labute approximate surface area is 122 Å². The number of amides is 2. The molecule has 4 nitrogen and oxygen atoms in total. The number of aromatic amines is 1. The maximum atomic E-state index is 12.1. The number of likely N-dealkylation sites (N-methyl/N-ethyl adjacent to an activating group) is 1. The highest BCUT2D eigenvalue weighted by atomic mass is 79.9. The first kappa shape index (κ1) is 12.4. The molecule has 2 aromatic rings. The van der Waals surface area contributed by atoms with Crippen LogP contribution in [0.4, 0.5) is 0 Å². The molecule has 0 saturated carbocycles. The molecular weight excluding hydrogens is 332 g/mol. The van der Waals surface area contributed by atoms with E-state index in [0.717, 1.165) is 15.8 Å². The molecule has 0 atom stereocenters. The van der Waals surface area contributed by atoms with Crippen molar-refractivity contribution < 1.29 is 9.59 Å². The second kappa shape index (κ2) is 4.21. The van der Waals surface area contributed by atoms with Gasteiger partial charge in [0.1, 0.15) is 0 Å². The van der Waals surface area contributed by atoms with Crippen molar-refractivity contribution >= 4 is 55.8 Å². The molecule has 2 heterocycles. The lowest BCUT2D eigenvalue weighted by molar-refractivity contribution is -0.134. The van der Waals surface area contributed by atoms with Crippen LogP contribution in [-0.4, -0.2) is 28.7 Å². The number of nitrogens with one attached hydrogen (secondary N) is 1. The number of benzene rings is 1. The SMILES string of the molecule is CN1C(=O)C(Br)=C(c2c[nH]c3c(Cl)cccc23)C1=O. The minimum Gasteiger partial charge on any atom is -0.359 e. The highest BCUT2D eigenvalue weighted by Crippen LogP contribution is 2.36. The van der Waals surface area contributed by atoms with Gasteiger partial charge in [-0.15, -0.1) is 0 Å². The summed E-state index contributed by atoms with van der Waals surface area (Å²) in [7, 11) is 1.46. The van der Waals surface area contributed by atoms with Gasteiger partial charge in [0.25, 0.3) is 11.8 Å². The lowest BCUT2D eigenvalue weighted by Crippen LogP contribution is -2.26. The molecule has 0 aliphatic carbocycles. The largest absolute Gasteiger partial charge is 0.359 e. The molecular formula is C13H8BrClN2O2. The van der Waals surface area contributed by atoms with Crippen LogP contribution in [0, 0.1) is 0 Å². The number of fused-ring (bicyclic) bond motifs is 1. The van der Waals surface area contributed by atoms with Crippen LogP contribution >= 0.6 is 27.5 Å². The molecule has 2 amide bonds. The van der Waals surface area contributed by atoms with Crippen molar-refractivity contribution in [2.24, 2.45) is 0 Å². The van der Waals surface area contributed by atoms with Crippen molar-refractivity contribution in [2.45, 2.75) is 0 Å². The molecule has 1 aromatic heterocycles. The Hall–Kier alpha value is -1.59. The number of halogens is 2. The van der Waals surface area contributed by atoms with E-state index in [1.165, 1.54) is 7.05 Å². The lowest BCUT2D eigenvalue weighted by Gasteiger charge is -2.05. The van der Waals surface area contributed by atoms with Gasteiger partial charge in [-0.2, -0.15) is 0 Å². The van der Waals surface area contributed by atoms with E-state index in [4.69, 9.17) is 11.6 Å². The Morgan fingerprint density at radius 3 is 2.63 bits per heavy atom. The number of aromatic nitrogens is 1. The molecule has 1 aromatic carbocycles. The monoisotopic (exact) mass is 338 g/mol. The highest BCUT2D eigenvalue weighted by molar-refractivity contribution is 9.12. The van der Waals surface area contributed by atoms with Crippen molar-refractivity contribution in [3.63, 3.8) is 0 Å². The van der Waals surface area contributed by atoms with Gasteiger partial charge in [0.05, 0.1) is 20.6 Å². The maximum absolute atomic E-state index is 12.1. The quantitative estimate of drug-likeness (QED) is 0.812. The number of hydrogen-bond donors (Lipinski definition) is 1. The summed E-state index contributed by atoms with van der Waals surface area (Å²) in [5.74, 6) is -0.658. The molecule has 0 fully saturated rings. The molecule has 0 radical (unpaired) electrons. The zero-order valence-electron chi connectivity index (χ0n) is 9.83. The van der Waals surface area contributed by atoms with Crippen molar-refractivity contribution in [3.8, 4) is 0 Å². The Morgan fingerprint density at radius 1 is 1.26 bits per heavy atom. The van der Waals surface area contributed by atoms with Crippen molar-refractivity contribution in [2.75, 3.05) is 7.05 Å². The number of rotatable bonds is 1. The van der Waals surface area contributed by atoms with Crippen LogP contribution in [0.1, 0.15) is 5.56 Å². The van der Waals surface area contributed by atoms with Crippen molar-refractivity contribution in [1.29, 1.82) is 0 Å². The van der Waals surface area contributed by atoms with Gasteiger partial charge in [0.2, 0.25) is 0 Å². The molecule has 96 valence electrons. The number of nitrogens with zero attached hydrogens (tertiary/aromatic N) is 1. The Balaban J connectivity index is 2.29. The van der Waals surface area contributed by atoms with Gasteiger partial charge in [-0.05, 0) is 22.0 Å². The summed E-state index contributed by atoms with van der Waals surface area (Å²) in [5, 5.41) is 1.39. The zero-order chi connectivity index (χ0) is 13.7. The van der Waals surface area contributed by atoms with Crippen LogP contribution in [0.5, 0.6) is 0 Å². The molecule has 0 saturated heterocycles. The fourth-order valence-electron chi connectivity index (χ4n) is 2.17. The Morgan fingerprint density at radius 2 is 2.00 bits per heavy atom. The van der Waals surface area contributed by atoms with Gasteiger partial charge >= 0.3 is 0 Å². The van der Waals surface area contributed by atoms with Crippen LogP contribution < -0.4 is 0 Å². The van der Waals surface area contributed by atoms with Crippen LogP contribution in [0.3, 0.4) is 0 Å². The third-order valence-electron chi connectivity index (χ3n) is 3.16. The van der Waals surface area contributed by atoms with E-state index >= 15 is 0 Å². The second-order valence-electron chi connectivity index (χ2n) is 4.22. The van der Waals surface area contributed by atoms with Crippen LogP contribution in [0.2, 0.25) is 5.02 Å². The van der Waals surface area contributed by atoms with Gasteiger partial charge in [-0.1, -0.05) is 23.7 Å². The van der Waals surface area contributed by atoms with Gasteiger partial charge < -0.3 is 4.98 Å². The lowest BCUT2D eigenvalue weighted by atomic mass is 10.1. The fourth-order valence-corrected chi connectivity index (χ4v) is 3.04. The number of carbonyl (C=O) groups is 2. The van der Waals surface area contributed by atoms with Crippen molar-refractivity contribution in [1.82, 2.24) is 9.88 Å². The van der Waals surface area contributed by atoms with E-state index in [2.05, 4.69) is 20.9 Å². The van der Waals surface area contributed by atoms with E-state index in [-0.39, 0.29) is 16.3 Å². The molecule has 19 heavy (non-hydrogen) atoms. The maximum Gasteiger partial charge on any atom is 0.268 e. The molecule has 1 aliphatic heterocycles. The number of H-pyrrole nitrogens is 1. The standard InChI is InChI=1S/C13H8BrClN2O2/c1-17-12(18)9(10(14)13(17)19)7-5-16-11-6(7)3-2-4-8(11)15/h2-5,16H,1H3. The third-order valence-corrected chi connectivity index (χ3v) is 4.22. The average Bonchev–Trinajstić information content (AvgIpc) is 2.89. The Kier molecular flexibility index (Phi) is 2.76. The summed E-state index contributed by atoms with van der Waals surface area (Å²) < 4.78 is 0.279. The Bertz CT molecular complexity index is 763. The van der Waals surface area contributed by atoms with Gasteiger partial charge in [0, 0.05) is 24.2 Å². The summed E-state index contributed by atoms with van der Waals surface area (Å²) in [5.41, 5.74) is 1.79. The first-order valence-corrected chi connectivity index (χ1v) is 6.67. The first-order chi connectivity index (χ1) is 9.02. The minimum absolute atomic E-state index is 0.279. The fraction of sp³-hybridized carbons (Fsp3) is 0.0769. The summed E-state index contributed by atoms with van der Waals surface area (Å²) in [6.45, 7) is 0. The van der Waals surface area contributed by atoms with E-state index in [9.17, 15) is 9.59 Å². The van der Waals surface area contributed by atoms with Crippen LogP contribution in [0.15, 0.2) is 28.9 Å². The first-order valence-electron chi connectivity index (χ1n) is 5.50. The zero-order valence-corrected chi connectivity index (χ0v) is 12.2. The number of para-hydroxylation sites is 1. The van der Waals surface area contributed by atoms with Gasteiger partial charge in [-0.25, -0.2) is 0 Å². The minimum atomic E-state index is -0.337. The molecule has 0 bridgehead atoms. The summed E-state index contributed by atoms with van der Waals surface area (Å²) in [6.07, 6.45) is 1.69. The smallest absolute Gasteiger partial charge is 0.268 e. The predicted octanol–water partition coefficient (Wildman–Crippen LogP) is 2.93. The molecule has 3 rings (SSSR count). The molecule has 0 unspecified atom stereocenters. The topological polar surface area (TPSA) is 53.2 Å². The molecule has 1 N–H and O–H groups in total. The second-order valence-corrected chi connectivity index (χ2v) is 5.42. The van der Waals surface area contributed by atoms with Crippen LogP contribution in [0.25, 0.3) is 16.5 Å². The molecule has 6 heteroatoms. The third kappa shape index (κ3) is 1.65. The van der Waals surface area contributed by atoms with E-state index in [1.54, 1.807) is 18.3 Å². The van der Waals surface area contributed by atoms with E-state index in [0.29, 0.717) is 16.2 Å².